The Hall–Kier alpha value is -1.52. The Morgan fingerprint density at radius 2 is 2.43 bits per heavy atom. The van der Waals surface area contributed by atoms with Crippen molar-refractivity contribution in [2.75, 3.05) is 18.6 Å². The van der Waals surface area contributed by atoms with Crippen molar-refractivity contribution in [3.8, 4) is 0 Å². The quantitative estimate of drug-likeness (QED) is 0.716. The van der Waals surface area contributed by atoms with E-state index in [0.717, 1.165) is 13.0 Å². The first-order chi connectivity index (χ1) is 6.77. The minimum absolute atomic E-state index is 0.336. The fourth-order valence-electron chi connectivity index (χ4n) is 0.955. The molecule has 1 aromatic heterocycles. The molecule has 5 nitrogen and oxygen atoms in total. The third-order valence-corrected chi connectivity index (χ3v) is 1.62. The molecule has 0 aromatic carbocycles. The van der Waals surface area contributed by atoms with Crippen LogP contribution in [0.1, 0.15) is 30.6 Å². The first kappa shape index (κ1) is 10.6. The largest absolute Gasteiger partial charge is 0.462 e. The predicted octanol–water partition coefficient (Wildman–Crippen LogP) is 1.01. The van der Waals surface area contributed by atoms with Crippen LogP contribution in [0.25, 0.3) is 0 Å². The van der Waals surface area contributed by atoms with Gasteiger partial charge in [-0.3, -0.25) is 0 Å². The molecular formula is C9H15N3O2. The molecule has 0 saturated heterocycles. The molecule has 1 N–H and O–H groups in total. The Labute approximate surface area is 83.0 Å². The monoisotopic (exact) mass is 197 g/mol. The topological polar surface area (TPSA) is 56.2 Å². The lowest BCUT2D eigenvalue weighted by Crippen LogP contribution is -2.15. The summed E-state index contributed by atoms with van der Waals surface area (Å²) in [5.41, 5.74) is 3.48. The van der Waals surface area contributed by atoms with Crippen molar-refractivity contribution in [1.29, 1.82) is 0 Å². The number of carbonyl (C=O) groups excluding carboxylic acids is 1. The van der Waals surface area contributed by atoms with Crippen LogP contribution in [0.4, 0.5) is 0 Å². The lowest BCUT2D eigenvalue weighted by atomic mass is 10.4. The van der Waals surface area contributed by atoms with E-state index in [1.165, 1.54) is 11.0 Å². The Kier molecular flexibility index (Phi) is 3.97. The molecule has 1 rings (SSSR count). The molecule has 0 aliphatic rings. The van der Waals surface area contributed by atoms with E-state index in [1.54, 1.807) is 13.1 Å². The molecule has 0 atom stereocenters. The maximum Gasteiger partial charge on any atom is 0.341 e. The molecule has 1 heterocycles. The van der Waals surface area contributed by atoms with Crippen LogP contribution in [0.15, 0.2) is 12.4 Å². The van der Waals surface area contributed by atoms with Gasteiger partial charge in [-0.25, -0.2) is 4.79 Å². The molecule has 14 heavy (non-hydrogen) atoms. The van der Waals surface area contributed by atoms with E-state index in [-0.39, 0.29) is 5.97 Å². The zero-order valence-corrected chi connectivity index (χ0v) is 8.49. The van der Waals surface area contributed by atoms with Crippen LogP contribution in [0, 0.1) is 0 Å². The maximum absolute atomic E-state index is 11.2. The first-order valence-electron chi connectivity index (χ1n) is 4.73. The van der Waals surface area contributed by atoms with E-state index in [9.17, 15) is 4.79 Å². The minimum Gasteiger partial charge on any atom is -0.462 e. The first-order valence-corrected chi connectivity index (χ1v) is 4.73. The van der Waals surface area contributed by atoms with Crippen LogP contribution in [-0.4, -0.2) is 29.0 Å². The van der Waals surface area contributed by atoms with E-state index in [0.29, 0.717) is 12.2 Å². The van der Waals surface area contributed by atoms with Crippen molar-refractivity contribution in [3.63, 3.8) is 0 Å². The second-order valence-corrected chi connectivity index (χ2v) is 2.80. The summed E-state index contributed by atoms with van der Waals surface area (Å²) >= 11 is 0. The summed E-state index contributed by atoms with van der Waals surface area (Å²) in [6.45, 7) is 5.04. The van der Waals surface area contributed by atoms with Crippen molar-refractivity contribution in [2.24, 2.45) is 0 Å². The molecule has 0 unspecified atom stereocenters. The second-order valence-electron chi connectivity index (χ2n) is 2.80. The highest BCUT2D eigenvalue weighted by atomic mass is 16.5. The lowest BCUT2D eigenvalue weighted by Gasteiger charge is -2.02. The maximum atomic E-state index is 11.2. The van der Waals surface area contributed by atoms with Crippen molar-refractivity contribution in [3.05, 3.63) is 18.0 Å². The van der Waals surface area contributed by atoms with Crippen molar-refractivity contribution in [1.82, 2.24) is 9.89 Å². The third kappa shape index (κ3) is 2.76. The van der Waals surface area contributed by atoms with Gasteiger partial charge in [0.25, 0.3) is 0 Å². The van der Waals surface area contributed by atoms with Crippen molar-refractivity contribution >= 4 is 5.97 Å². The van der Waals surface area contributed by atoms with Gasteiger partial charge in [0.05, 0.1) is 24.6 Å². The molecule has 78 valence electrons. The van der Waals surface area contributed by atoms with Gasteiger partial charge in [0, 0.05) is 6.54 Å². The van der Waals surface area contributed by atoms with Gasteiger partial charge in [0.2, 0.25) is 0 Å². The fraction of sp³-hybridized carbons (Fsp3) is 0.556. The summed E-state index contributed by atoms with van der Waals surface area (Å²) in [5.74, 6) is -0.336. The van der Waals surface area contributed by atoms with Gasteiger partial charge in [-0.15, -0.1) is 0 Å². The number of hydrogen-bond donors (Lipinski definition) is 1. The van der Waals surface area contributed by atoms with Crippen LogP contribution in [-0.2, 0) is 4.74 Å². The van der Waals surface area contributed by atoms with Crippen LogP contribution < -0.4 is 5.43 Å². The summed E-state index contributed by atoms with van der Waals surface area (Å²) in [6.07, 6.45) is 4.11. The molecule has 0 saturated carbocycles. The summed E-state index contributed by atoms with van der Waals surface area (Å²) < 4.78 is 4.83. The minimum atomic E-state index is -0.336. The summed E-state index contributed by atoms with van der Waals surface area (Å²) in [4.78, 5) is 12.8. The molecule has 0 aliphatic carbocycles. The number of aromatic nitrogens is 2. The number of nitrogens with zero attached hydrogens (tertiary/aromatic N) is 2. The number of esters is 1. The van der Waals surface area contributed by atoms with Gasteiger partial charge in [0.15, 0.2) is 0 Å². The molecule has 0 aliphatic heterocycles. The number of carbonyl (C=O) groups is 1. The zero-order chi connectivity index (χ0) is 10.4. The average molecular weight is 197 g/mol. The highest BCUT2D eigenvalue weighted by Gasteiger charge is 2.08. The number of ether oxygens (including phenoxy) is 1. The zero-order valence-electron chi connectivity index (χ0n) is 8.49. The fourth-order valence-corrected chi connectivity index (χ4v) is 0.955. The molecule has 0 fully saturated rings. The Morgan fingerprint density at radius 1 is 1.64 bits per heavy atom. The molecule has 0 bridgehead atoms. The van der Waals surface area contributed by atoms with E-state index in [2.05, 4.69) is 17.4 Å². The van der Waals surface area contributed by atoms with Crippen LogP contribution in [0.2, 0.25) is 0 Å². The van der Waals surface area contributed by atoms with Gasteiger partial charge in [0.1, 0.15) is 0 Å². The van der Waals surface area contributed by atoms with Crippen LogP contribution in [0.5, 0.6) is 0 Å². The standard InChI is InChI=1S/C9H15N3O2/c1-3-5-10-12-7-8(6-11-12)9(13)14-4-2/h6-7,10H,3-5H2,1-2H3. The molecule has 1 aromatic rings. The van der Waals surface area contributed by atoms with E-state index >= 15 is 0 Å². The second kappa shape index (κ2) is 5.26. The predicted molar refractivity (Wildman–Crippen MR) is 52.7 cm³/mol. The highest BCUT2D eigenvalue weighted by molar-refractivity contribution is 5.88. The summed E-state index contributed by atoms with van der Waals surface area (Å²) in [6, 6.07) is 0. The van der Waals surface area contributed by atoms with Crippen molar-refractivity contribution in [2.45, 2.75) is 20.3 Å². The van der Waals surface area contributed by atoms with E-state index < -0.39 is 0 Å². The van der Waals surface area contributed by atoms with Gasteiger partial charge in [-0.05, 0) is 13.3 Å². The molecule has 5 heteroatoms. The Bertz CT molecular complexity index is 296. The Morgan fingerprint density at radius 3 is 3.07 bits per heavy atom. The molecule has 0 spiro atoms. The summed E-state index contributed by atoms with van der Waals surface area (Å²) in [5, 5.41) is 3.96. The van der Waals surface area contributed by atoms with Gasteiger partial charge < -0.3 is 10.2 Å². The van der Waals surface area contributed by atoms with Gasteiger partial charge in [-0.2, -0.15) is 9.89 Å². The van der Waals surface area contributed by atoms with Gasteiger partial charge in [-0.1, -0.05) is 6.92 Å². The third-order valence-electron chi connectivity index (χ3n) is 1.62. The van der Waals surface area contributed by atoms with E-state index in [4.69, 9.17) is 4.74 Å². The number of nitrogens with one attached hydrogen (secondary N) is 1. The number of hydrogen-bond acceptors (Lipinski definition) is 4. The molecule has 0 amide bonds. The van der Waals surface area contributed by atoms with Gasteiger partial charge >= 0.3 is 5.97 Å². The van der Waals surface area contributed by atoms with Crippen molar-refractivity contribution < 1.29 is 9.53 Å². The SMILES string of the molecule is CCCNn1cc(C(=O)OCC)cn1. The molecular weight excluding hydrogens is 182 g/mol. The van der Waals surface area contributed by atoms with Crippen LogP contribution >= 0.6 is 0 Å². The Balaban J connectivity index is 2.54. The van der Waals surface area contributed by atoms with E-state index in [1.807, 2.05) is 0 Å². The highest BCUT2D eigenvalue weighted by Crippen LogP contribution is 1.98. The average Bonchev–Trinajstić information content (AvgIpc) is 2.63. The lowest BCUT2D eigenvalue weighted by molar-refractivity contribution is 0.0526. The number of rotatable bonds is 5. The van der Waals surface area contributed by atoms with Crippen LogP contribution in [0.3, 0.4) is 0 Å². The summed E-state index contributed by atoms with van der Waals surface area (Å²) in [7, 11) is 0. The smallest absolute Gasteiger partial charge is 0.341 e. The molecule has 0 radical (unpaired) electrons. The normalized spacial score (nSPS) is 9.86.